The summed E-state index contributed by atoms with van der Waals surface area (Å²) >= 11 is 7.47. The summed E-state index contributed by atoms with van der Waals surface area (Å²) in [6.07, 6.45) is 0.232. The smallest absolute Gasteiger partial charge is 0.247 e. The van der Waals surface area contributed by atoms with Crippen LogP contribution in [0.5, 0.6) is 0 Å². The first-order valence-electron chi connectivity index (χ1n) is 6.00. The second-order valence-electron chi connectivity index (χ2n) is 4.30. The summed E-state index contributed by atoms with van der Waals surface area (Å²) in [6, 6.07) is 5.23. The van der Waals surface area contributed by atoms with Gasteiger partial charge < -0.3 is 5.73 Å². The van der Waals surface area contributed by atoms with E-state index in [1.54, 1.807) is 25.1 Å². The molecule has 1 aliphatic rings. The quantitative estimate of drug-likeness (QED) is 0.863. The summed E-state index contributed by atoms with van der Waals surface area (Å²) in [5.41, 5.74) is 6.76. The number of carbonyl (C=O) groups is 2. The van der Waals surface area contributed by atoms with Crippen molar-refractivity contribution >= 4 is 40.9 Å². The average molecular weight is 299 g/mol. The molecule has 0 aromatic heterocycles. The lowest BCUT2D eigenvalue weighted by Gasteiger charge is -2.18. The van der Waals surface area contributed by atoms with Crippen molar-refractivity contribution in [3.05, 3.63) is 28.8 Å². The molecule has 1 fully saturated rings. The Labute approximate surface area is 121 Å². The lowest BCUT2D eigenvalue weighted by atomic mass is 10.2. The minimum atomic E-state index is -0.325. The van der Waals surface area contributed by atoms with E-state index < -0.39 is 0 Å². The zero-order chi connectivity index (χ0) is 14.0. The Morgan fingerprint density at radius 2 is 2.21 bits per heavy atom. The number of rotatable bonds is 4. The largest absolute Gasteiger partial charge is 0.330 e. The van der Waals surface area contributed by atoms with E-state index in [-0.39, 0.29) is 23.5 Å². The van der Waals surface area contributed by atoms with Crippen LogP contribution in [0.2, 0.25) is 5.02 Å². The van der Waals surface area contributed by atoms with E-state index >= 15 is 0 Å². The Kier molecular flexibility index (Phi) is 4.50. The summed E-state index contributed by atoms with van der Waals surface area (Å²) in [5.74, 6) is 0.324. The number of nitrogens with zero attached hydrogens (tertiary/aromatic N) is 1. The average Bonchev–Trinajstić information content (AvgIpc) is 2.66. The molecular formula is C13H15ClN2O2S. The van der Waals surface area contributed by atoms with E-state index in [0.717, 1.165) is 5.56 Å². The molecule has 2 amide bonds. The third kappa shape index (κ3) is 2.78. The van der Waals surface area contributed by atoms with Crippen molar-refractivity contribution in [2.45, 2.75) is 18.6 Å². The molecule has 2 rings (SSSR count). The van der Waals surface area contributed by atoms with Crippen LogP contribution in [0.4, 0.5) is 5.69 Å². The van der Waals surface area contributed by atoms with E-state index in [0.29, 0.717) is 23.0 Å². The highest BCUT2D eigenvalue weighted by molar-refractivity contribution is 8.00. The zero-order valence-electron chi connectivity index (χ0n) is 10.6. The van der Waals surface area contributed by atoms with Gasteiger partial charge in [0, 0.05) is 23.7 Å². The lowest BCUT2D eigenvalue weighted by molar-refractivity contribution is -0.121. The Morgan fingerprint density at radius 1 is 1.47 bits per heavy atom. The topological polar surface area (TPSA) is 63.4 Å². The fourth-order valence-electron chi connectivity index (χ4n) is 2.04. The van der Waals surface area contributed by atoms with Crippen LogP contribution in [0, 0.1) is 6.92 Å². The molecular weight excluding hydrogens is 284 g/mol. The Bertz CT molecular complexity index is 521. The molecule has 6 heteroatoms. The second-order valence-corrected chi connectivity index (χ2v) is 6.02. The van der Waals surface area contributed by atoms with Gasteiger partial charge in [-0.2, -0.15) is 0 Å². The second kappa shape index (κ2) is 5.94. The molecule has 0 bridgehead atoms. The van der Waals surface area contributed by atoms with E-state index in [1.807, 2.05) is 0 Å². The van der Waals surface area contributed by atoms with Crippen molar-refractivity contribution < 1.29 is 9.59 Å². The van der Waals surface area contributed by atoms with Crippen LogP contribution in [0.1, 0.15) is 12.0 Å². The van der Waals surface area contributed by atoms with Crippen molar-refractivity contribution in [1.29, 1.82) is 0 Å². The first-order valence-corrected chi connectivity index (χ1v) is 7.42. The van der Waals surface area contributed by atoms with Gasteiger partial charge in [-0.3, -0.25) is 9.59 Å². The van der Waals surface area contributed by atoms with Gasteiger partial charge in [-0.05, 0) is 24.6 Å². The molecule has 0 radical (unpaired) electrons. The van der Waals surface area contributed by atoms with Gasteiger partial charge in [-0.25, -0.2) is 4.90 Å². The highest BCUT2D eigenvalue weighted by Crippen LogP contribution is 2.33. The van der Waals surface area contributed by atoms with Crippen LogP contribution >= 0.6 is 23.4 Å². The maximum atomic E-state index is 12.3. The first kappa shape index (κ1) is 14.4. The maximum absolute atomic E-state index is 12.3. The fraction of sp³-hybridized carbons (Fsp3) is 0.385. The first-order chi connectivity index (χ1) is 9.06. The van der Waals surface area contributed by atoms with Crippen molar-refractivity contribution in [1.82, 2.24) is 0 Å². The van der Waals surface area contributed by atoms with Crippen LogP contribution < -0.4 is 10.6 Å². The van der Waals surface area contributed by atoms with Gasteiger partial charge in [0.1, 0.15) is 0 Å². The summed E-state index contributed by atoms with van der Waals surface area (Å²) in [7, 11) is 0. The Hall–Kier alpha value is -1.04. The molecule has 2 N–H and O–H groups in total. The molecule has 1 aromatic rings. The number of halogens is 1. The third-order valence-electron chi connectivity index (χ3n) is 3.02. The van der Waals surface area contributed by atoms with E-state index in [2.05, 4.69) is 0 Å². The summed E-state index contributed by atoms with van der Waals surface area (Å²) in [6.45, 7) is 2.30. The highest BCUT2D eigenvalue weighted by Gasteiger charge is 2.40. The number of hydrogen-bond acceptors (Lipinski definition) is 4. The SMILES string of the molecule is Cc1c(Cl)cccc1N1C(=O)CC(SCCN)C1=O. The number of carbonyl (C=O) groups excluding carboxylic acids is 2. The van der Waals surface area contributed by atoms with Gasteiger partial charge in [0.15, 0.2) is 0 Å². The third-order valence-corrected chi connectivity index (χ3v) is 4.67. The minimum absolute atomic E-state index is 0.172. The van der Waals surface area contributed by atoms with Crippen molar-refractivity contribution in [2.75, 3.05) is 17.2 Å². The van der Waals surface area contributed by atoms with Crippen molar-refractivity contribution in [3.63, 3.8) is 0 Å². The number of nitrogens with two attached hydrogens (primary N) is 1. The minimum Gasteiger partial charge on any atom is -0.330 e. The molecule has 102 valence electrons. The molecule has 1 aliphatic heterocycles. The molecule has 19 heavy (non-hydrogen) atoms. The molecule has 1 heterocycles. The van der Waals surface area contributed by atoms with Crippen LogP contribution in [0.15, 0.2) is 18.2 Å². The molecule has 1 atom stereocenters. The number of amides is 2. The lowest BCUT2D eigenvalue weighted by Crippen LogP contribution is -2.32. The van der Waals surface area contributed by atoms with Crippen LogP contribution in [-0.4, -0.2) is 29.4 Å². The highest BCUT2D eigenvalue weighted by atomic mass is 35.5. The Morgan fingerprint density at radius 3 is 2.89 bits per heavy atom. The van der Waals surface area contributed by atoms with E-state index in [9.17, 15) is 9.59 Å². The molecule has 1 unspecified atom stereocenters. The van der Waals surface area contributed by atoms with Crippen LogP contribution in [0.25, 0.3) is 0 Å². The molecule has 1 aromatic carbocycles. The van der Waals surface area contributed by atoms with Gasteiger partial charge in [-0.1, -0.05) is 17.7 Å². The summed E-state index contributed by atoms with van der Waals surface area (Å²) in [5, 5.41) is 0.227. The zero-order valence-corrected chi connectivity index (χ0v) is 12.1. The molecule has 4 nitrogen and oxygen atoms in total. The van der Waals surface area contributed by atoms with Gasteiger partial charge in [0.05, 0.1) is 10.9 Å². The van der Waals surface area contributed by atoms with Crippen molar-refractivity contribution in [3.8, 4) is 0 Å². The Balaban J connectivity index is 2.27. The normalized spacial score (nSPS) is 19.3. The predicted molar refractivity (Wildman–Crippen MR) is 78.6 cm³/mol. The maximum Gasteiger partial charge on any atom is 0.247 e. The van der Waals surface area contributed by atoms with Crippen molar-refractivity contribution in [2.24, 2.45) is 5.73 Å². The van der Waals surface area contributed by atoms with Gasteiger partial charge in [-0.15, -0.1) is 11.8 Å². The van der Waals surface area contributed by atoms with E-state index in [1.165, 1.54) is 16.7 Å². The van der Waals surface area contributed by atoms with Crippen LogP contribution in [0.3, 0.4) is 0 Å². The molecule has 0 spiro atoms. The monoisotopic (exact) mass is 298 g/mol. The summed E-state index contributed by atoms with van der Waals surface area (Å²) < 4.78 is 0. The molecule has 0 saturated carbocycles. The van der Waals surface area contributed by atoms with Gasteiger partial charge in [0.25, 0.3) is 0 Å². The predicted octanol–water partition coefficient (Wildman–Crippen LogP) is 1.97. The van der Waals surface area contributed by atoms with Gasteiger partial charge >= 0.3 is 0 Å². The number of thioether (sulfide) groups is 1. The van der Waals surface area contributed by atoms with Crippen LogP contribution in [-0.2, 0) is 9.59 Å². The fourth-order valence-corrected chi connectivity index (χ4v) is 3.13. The van der Waals surface area contributed by atoms with E-state index in [4.69, 9.17) is 17.3 Å². The number of hydrogen-bond donors (Lipinski definition) is 1. The molecule has 0 aliphatic carbocycles. The number of benzene rings is 1. The standard InChI is InChI=1S/C13H15ClN2O2S/c1-8-9(14)3-2-4-10(8)16-12(17)7-11(13(16)18)19-6-5-15/h2-4,11H,5-7,15H2,1H3. The summed E-state index contributed by atoms with van der Waals surface area (Å²) in [4.78, 5) is 25.6. The number of imide groups is 1. The molecule has 1 saturated heterocycles. The number of anilines is 1. The van der Waals surface area contributed by atoms with Gasteiger partial charge in [0.2, 0.25) is 11.8 Å².